The maximum absolute atomic E-state index is 12.4. The molecule has 1 rings (SSSR count). The van der Waals surface area contributed by atoms with Crippen molar-refractivity contribution in [2.24, 2.45) is 0 Å². The number of alkyl halides is 3. The standard InChI is InChI=1S/C11H9F3N2O2/c1-3-7(2)15-9-5-4-8(11(12,13)14)6-10(9)16(17)18/h1,4-7,15H,2H3. The molecule has 0 saturated heterocycles. The van der Waals surface area contributed by atoms with Crippen molar-refractivity contribution >= 4 is 11.4 Å². The summed E-state index contributed by atoms with van der Waals surface area (Å²) in [5.74, 6) is 2.27. The average molecular weight is 258 g/mol. The molecular formula is C11H9F3N2O2. The van der Waals surface area contributed by atoms with Crippen molar-refractivity contribution in [1.29, 1.82) is 0 Å². The number of benzene rings is 1. The summed E-state index contributed by atoms with van der Waals surface area (Å²) < 4.78 is 37.2. The lowest BCUT2D eigenvalue weighted by molar-refractivity contribution is -0.384. The number of halogens is 3. The first-order chi connectivity index (χ1) is 8.25. The van der Waals surface area contributed by atoms with Crippen molar-refractivity contribution in [1.82, 2.24) is 0 Å². The van der Waals surface area contributed by atoms with Crippen LogP contribution in [0.1, 0.15) is 12.5 Å². The molecule has 0 spiro atoms. The van der Waals surface area contributed by atoms with E-state index in [9.17, 15) is 23.3 Å². The number of hydrogen-bond acceptors (Lipinski definition) is 3. The van der Waals surface area contributed by atoms with Gasteiger partial charge in [-0.1, -0.05) is 5.92 Å². The van der Waals surface area contributed by atoms with Crippen molar-refractivity contribution in [3.05, 3.63) is 33.9 Å². The van der Waals surface area contributed by atoms with Crippen LogP contribution in [0.5, 0.6) is 0 Å². The normalized spacial score (nSPS) is 12.6. The first-order valence-electron chi connectivity index (χ1n) is 4.84. The fourth-order valence-corrected chi connectivity index (χ4v) is 1.26. The van der Waals surface area contributed by atoms with Gasteiger partial charge in [0.1, 0.15) is 5.69 Å². The maximum atomic E-state index is 12.4. The van der Waals surface area contributed by atoms with Crippen molar-refractivity contribution in [3.63, 3.8) is 0 Å². The zero-order chi connectivity index (χ0) is 13.9. The van der Waals surface area contributed by atoms with Crippen LogP contribution >= 0.6 is 0 Å². The Morgan fingerprint density at radius 3 is 2.56 bits per heavy atom. The second-order valence-electron chi connectivity index (χ2n) is 3.52. The van der Waals surface area contributed by atoms with Gasteiger partial charge in [-0.15, -0.1) is 6.42 Å². The van der Waals surface area contributed by atoms with E-state index in [2.05, 4.69) is 11.2 Å². The number of rotatable bonds is 3. The third-order valence-corrected chi connectivity index (χ3v) is 2.14. The van der Waals surface area contributed by atoms with Crippen molar-refractivity contribution in [3.8, 4) is 12.3 Å². The van der Waals surface area contributed by atoms with Gasteiger partial charge in [-0.3, -0.25) is 10.1 Å². The smallest absolute Gasteiger partial charge is 0.366 e. The second kappa shape index (κ2) is 4.96. The van der Waals surface area contributed by atoms with Crippen LogP contribution in [0.4, 0.5) is 24.5 Å². The van der Waals surface area contributed by atoms with Crippen LogP contribution < -0.4 is 5.32 Å². The Morgan fingerprint density at radius 1 is 1.50 bits per heavy atom. The third-order valence-electron chi connectivity index (χ3n) is 2.14. The van der Waals surface area contributed by atoms with E-state index in [0.717, 1.165) is 12.1 Å². The molecule has 18 heavy (non-hydrogen) atoms. The number of hydrogen-bond donors (Lipinski definition) is 1. The van der Waals surface area contributed by atoms with Crippen LogP contribution in [0.25, 0.3) is 0 Å². The fraction of sp³-hybridized carbons (Fsp3) is 0.273. The lowest BCUT2D eigenvalue weighted by Crippen LogP contribution is -2.14. The molecular weight excluding hydrogens is 249 g/mol. The van der Waals surface area contributed by atoms with Gasteiger partial charge in [0.15, 0.2) is 0 Å². The van der Waals surface area contributed by atoms with Gasteiger partial charge in [0, 0.05) is 6.07 Å². The molecule has 7 heteroatoms. The molecule has 1 aromatic rings. The molecule has 0 aliphatic heterocycles. The van der Waals surface area contributed by atoms with Crippen molar-refractivity contribution in [2.75, 3.05) is 5.32 Å². The molecule has 0 heterocycles. The number of nitrogens with one attached hydrogen (secondary N) is 1. The topological polar surface area (TPSA) is 55.2 Å². The number of nitro benzene ring substituents is 1. The summed E-state index contributed by atoms with van der Waals surface area (Å²) in [6.45, 7) is 1.56. The Labute approximate surface area is 101 Å². The second-order valence-corrected chi connectivity index (χ2v) is 3.52. The van der Waals surface area contributed by atoms with Gasteiger partial charge in [0.2, 0.25) is 0 Å². The van der Waals surface area contributed by atoms with Crippen LogP contribution in [0.3, 0.4) is 0 Å². The largest absolute Gasteiger partial charge is 0.416 e. The Balaban J connectivity index is 3.22. The Morgan fingerprint density at radius 2 is 2.11 bits per heavy atom. The molecule has 0 amide bonds. The van der Waals surface area contributed by atoms with Gasteiger partial charge in [-0.05, 0) is 19.1 Å². The Bertz CT molecular complexity index is 506. The first-order valence-corrected chi connectivity index (χ1v) is 4.84. The number of terminal acetylenes is 1. The van der Waals surface area contributed by atoms with Gasteiger partial charge < -0.3 is 5.32 Å². The fourth-order valence-electron chi connectivity index (χ4n) is 1.26. The van der Waals surface area contributed by atoms with E-state index in [1.807, 2.05) is 0 Å². The summed E-state index contributed by atoms with van der Waals surface area (Å²) in [6, 6.07) is 1.71. The molecule has 1 unspecified atom stereocenters. The van der Waals surface area contributed by atoms with Crippen molar-refractivity contribution in [2.45, 2.75) is 19.1 Å². The predicted molar refractivity (Wildman–Crippen MR) is 60.0 cm³/mol. The van der Waals surface area contributed by atoms with Gasteiger partial charge in [0.25, 0.3) is 5.69 Å². The lowest BCUT2D eigenvalue weighted by Gasteiger charge is -2.12. The minimum absolute atomic E-state index is 0.0431. The molecule has 1 atom stereocenters. The number of nitro groups is 1. The molecule has 0 aliphatic rings. The molecule has 1 aromatic carbocycles. The summed E-state index contributed by atoms with van der Waals surface area (Å²) in [6.07, 6.45) is 0.459. The minimum atomic E-state index is -4.62. The summed E-state index contributed by atoms with van der Waals surface area (Å²) in [4.78, 5) is 9.83. The van der Waals surface area contributed by atoms with Crippen molar-refractivity contribution < 1.29 is 18.1 Å². The van der Waals surface area contributed by atoms with E-state index < -0.39 is 28.4 Å². The minimum Gasteiger partial charge on any atom is -0.366 e. The van der Waals surface area contributed by atoms with E-state index in [0.29, 0.717) is 6.07 Å². The highest BCUT2D eigenvalue weighted by Crippen LogP contribution is 2.35. The SMILES string of the molecule is C#CC(C)Nc1ccc(C(F)(F)F)cc1[N+](=O)[O-]. The molecule has 0 radical (unpaired) electrons. The van der Waals surface area contributed by atoms with Crippen LogP contribution in [-0.4, -0.2) is 11.0 Å². The van der Waals surface area contributed by atoms with Crippen LogP contribution in [0.15, 0.2) is 18.2 Å². The molecule has 1 N–H and O–H groups in total. The van der Waals surface area contributed by atoms with E-state index in [4.69, 9.17) is 6.42 Å². The number of anilines is 1. The van der Waals surface area contributed by atoms with E-state index in [1.54, 1.807) is 6.92 Å². The monoisotopic (exact) mass is 258 g/mol. The molecule has 4 nitrogen and oxygen atoms in total. The Kier molecular flexibility index (Phi) is 3.81. The van der Waals surface area contributed by atoms with Gasteiger partial charge >= 0.3 is 6.18 Å². The molecule has 96 valence electrons. The average Bonchev–Trinajstić information content (AvgIpc) is 2.27. The maximum Gasteiger partial charge on any atom is 0.416 e. The zero-order valence-corrected chi connectivity index (χ0v) is 9.28. The molecule has 0 bridgehead atoms. The number of nitrogens with zero attached hydrogens (tertiary/aromatic N) is 1. The summed E-state index contributed by atoms with van der Waals surface area (Å²) in [7, 11) is 0. The quantitative estimate of drug-likeness (QED) is 0.515. The summed E-state index contributed by atoms with van der Waals surface area (Å²) >= 11 is 0. The van der Waals surface area contributed by atoms with Gasteiger partial charge in [-0.2, -0.15) is 13.2 Å². The summed E-state index contributed by atoms with van der Waals surface area (Å²) in [5, 5.41) is 13.3. The van der Waals surface area contributed by atoms with Gasteiger partial charge in [0.05, 0.1) is 16.5 Å². The highest BCUT2D eigenvalue weighted by molar-refractivity contribution is 5.63. The van der Waals surface area contributed by atoms with Crippen LogP contribution in [-0.2, 0) is 6.18 Å². The van der Waals surface area contributed by atoms with E-state index in [-0.39, 0.29) is 5.69 Å². The molecule has 0 aromatic heterocycles. The molecule has 0 aliphatic carbocycles. The highest BCUT2D eigenvalue weighted by atomic mass is 19.4. The highest BCUT2D eigenvalue weighted by Gasteiger charge is 2.33. The van der Waals surface area contributed by atoms with Crippen LogP contribution in [0.2, 0.25) is 0 Å². The third kappa shape index (κ3) is 3.13. The first kappa shape index (κ1) is 13.8. The molecule has 0 saturated carbocycles. The summed E-state index contributed by atoms with van der Waals surface area (Å²) in [5.41, 5.74) is -1.78. The van der Waals surface area contributed by atoms with E-state index >= 15 is 0 Å². The van der Waals surface area contributed by atoms with Gasteiger partial charge in [-0.25, -0.2) is 0 Å². The zero-order valence-electron chi connectivity index (χ0n) is 9.28. The van der Waals surface area contributed by atoms with Crippen LogP contribution in [0, 0.1) is 22.5 Å². The van der Waals surface area contributed by atoms with E-state index in [1.165, 1.54) is 0 Å². The predicted octanol–water partition coefficient (Wildman–Crippen LogP) is 3.05. The molecule has 0 fully saturated rings. The Hall–Kier alpha value is -2.23. The lowest BCUT2D eigenvalue weighted by atomic mass is 10.1.